The van der Waals surface area contributed by atoms with Crippen LogP contribution in [0.1, 0.15) is 47.7 Å². The number of hydrogen-bond donors (Lipinski definition) is 0. The van der Waals surface area contributed by atoms with Gasteiger partial charge in [0.2, 0.25) is 5.88 Å². The highest BCUT2D eigenvalue weighted by atomic mass is 16.5. The highest BCUT2D eigenvalue weighted by Gasteiger charge is 2.30. The quantitative estimate of drug-likeness (QED) is 0.468. The number of hydrogen-bond acceptors (Lipinski definition) is 5. The van der Waals surface area contributed by atoms with Crippen LogP contribution in [0.4, 0.5) is 5.88 Å². The third-order valence-electron chi connectivity index (χ3n) is 6.35. The van der Waals surface area contributed by atoms with Crippen LogP contribution in [0.5, 0.6) is 0 Å². The van der Waals surface area contributed by atoms with Gasteiger partial charge in [-0.3, -0.25) is 4.79 Å². The van der Waals surface area contributed by atoms with Gasteiger partial charge in [-0.15, -0.1) is 0 Å². The van der Waals surface area contributed by atoms with Crippen LogP contribution in [-0.4, -0.2) is 48.8 Å². The Bertz CT molecular complexity index is 1060. The number of carbonyl (C=O) groups excluding carboxylic acids is 1. The van der Waals surface area contributed by atoms with Gasteiger partial charge in [-0.2, -0.15) is 0 Å². The lowest BCUT2D eigenvalue weighted by Gasteiger charge is -2.34. The predicted octanol–water partition coefficient (Wildman–Crippen LogP) is 5.32. The molecule has 1 fully saturated rings. The lowest BCUT2D eigenvalue weighted by atomic mass is 10.0. The number of amides is 1. The summed E-state index contributed by atoms with van der Waals surface area (Å²) in [5, 5.41) is 4.49. The minimum atomic E-state index is -0.0198. The van der Waals surface area contributed by atoms with Crippen molar-refractivity contribution < 1.29 is 14.1 Å². The Morgan fingerprint density at radius 3 is 2.73 bits per heavy atom. The van der Waals surface area contributed by atoms with Crippen molar-refractivity contribution in [2.24, 2.45) is 0 Å². The van der Waals surface area contributed by atoms with Gasteiger partial charge in [0, 0.05) is 37.4 Å². The summed E-state index contributed by atoms with van der Waals surface area (Å²) in [6.07, 6.45) is 3.47. The van der Waals surface area contributed by atoms with Crippen LogP contribution in [0.3, 0.4) is 0 Å². The fraction of sp³-hybridized carbons (Fsp3) is 0.407. The van der Waals surface area contributed by atoms with Crippen molar-refractivity contribution in [3.05, 3.63) is 71.3 Å². The topological polar surface area (TPSA) is 58.8 Å². The van der Waals surface area contributed by atoms with Crippen LogP contribution in [0.25, 0.3) is 11.3 Å². The average Bonchev–Trinajstić information content (AvgIpc) is 3.25. The number of piperidine rings is 1. The predicted molar refractivity (Wildman–Crippen MR) is 130 cm³/mol. The molecule has 6 heteroatoms. The van der Waals surface area contributed by atoms with E-state index >= 15 is 0 Å². The Labute approximate surface area is 196 Å². The molecule has 174 valence electrons. The SMILES string of the molecule is COCCN(Cc1c(-c2ccccc2)noc1N1CCCC[C@@H]1C)C(=O)c1cccc(C)c1. The number of aromatic nitrogens is 1. The molecule has 2 heterocycles. The van der Waals surface area contributed by atoms with E-state index in [2.05, 4.69) is 17.0 Å². The monoisotopic (exact) mass is 447 g/mol. The molecular formula is C27H33N3O3. The van der Waals surface area contributed by atoms with E-state index in [4.69, 9.17) is 9.26 Å². The third kappa shape index (κ3) is 5.28. The van der Waals surface area contributed by atoms with Gasteiger partial charge in [-0.05, 0) is 45.2 Å². The number of aryl methyl sites for hydroxylation is 1. The summed E-state index contributed by atoms with van der Waals surface area (Å²) >= 11 is 0. The zero-order valence-electron chi connectivity index (χ0n) is 19.8. The second-order valence-electron chi connectivity index (χ2n) is 8.81. The maximum Gasteiger partial charge on any atom is 0.254 e. The fourth-order valence-electron chi connectivity index (χ4n) is 4.50. The zero-order chi connectivity index (χ0) is 23.2. The number of nitrogens with zero attached hydrogens (tertiary/aromatic N) is 3. The van der Waals surface area contributed by atoms with Crippen LogP contribution < -0.4 is 4.90 Å². The van der Waals surface area contributed by atoms with Crippen LogP contribution in [0.15, 0.2) is 59.1 Å². The number of methoxy groups -OCH3 is 1. The molecular weight excluding hydrogens is 414 g/mol. The molecule has 1 amide bonds. The first-order chi connectivity index (χ1) is 16.1. The van der Waals surface area contributed by atoms with E-state index in [9.17, 15) is 4.79 Å². The van der Waals surface area contributed by atoms with Crippen LogP contribution in [-0.2, 0) is 11.3 Å². The molecule has 0 bridgehead atoms. The number of ether oxygens (including phenoxy) is 1. The van der Waals surface area contributed by atoms with Gasteiger partial charge in [0.25, 0.3) is 5.91 Å². The van der Waals surface area contributed by atoms with Crippen LogP contribution >= 0.6 is 0 Å². The van der Waals surface area contributed by atoms with Crippen LogP contribution in [0, 0.1) is 6.92 Å². The first-order valence-electron chi connectivity index (χ1n) is 11.7. The molecule has 0 aliphatic carbocycles. The Hall–Kier alpha value is -3.12. The van der Waals surface area contributed by atoms with Gasteiger partial charge < -0.3 is 19.1 Å². The van der Waals surface area contributed by atoms with Gasteiger partial charge in [-0.1, -0.05) is 53.2 Å². The molecule has 33 heavy (non-hydrogen) atoms. The van der Waals surface area contributed by atoms with Gasteiger partial charge in [0.15, 0.2) is 0 Å². The lowest BCUT2D eigenvalue weighted by Crippen LogP contribution is -2.39. The summed E-state index contributed by atoms with van der Waals surface area (Å²) in [5.74, 6) is 0.758. The molecule has 3 aromatic rings. The maximum atomic E-state index is 13.5. The molecule has 0 N–H and O–H groups in total. The van der Waals surface area contributed by atoms with Crippen molar-refractivity contribution in [3.8, 4) is 11.3 Å². The zero-order valence-corrected chi connectivity index (χ0v) is 19.8. The molecule has 1 saturated heterocycles. The summed E-state index contributed by atoms with van der Waals surface area (Å²) < 4.78 is 11.3. The van der Waals surface area contributed by atoms with E-state index in [0.717, 1.165) is 47.7 Å². The molecule has 0 radical (unpaired) electrons. The van der Waals surface area contributed by atoms with E-state index in [1.165, 1.54) is 6.42 Å². The molecule has 1 aliphatic rings. The first kappa shape index (κ1) is 23.1. The van der Waals surface area contributed by atoms with Crippen molar-refractivity contribution in [2.45, 2.75) is 45.7 Å². The van der Waals surface area contributed by atoms with Crippen molar-refractivity contribution >= 4 is 11.8 Å². The van der Waals surface area contributed by atoms with Gasteiger partial charge in [0.1, 0.15) is 5.69 Å². The Balaban J connectivity index is 1.73. The minimum Gasteiger partial charge on any atom is -0.383 e. The van der Waals surface area contributed by atoms with E-state index in [0.29, 0.717) is 31.3 Å². The molecule has 1 aliphatic heterocycles. The summed E-state index contributed by atoms with van der Waals surface area (Å²) in [7, 11) is 1.66. The second kappa shape index (κ2) is 10.7. The maximum absolute atomic E-state index is 13.5. The van der Waals surface area contributed by atoms with Crippen molar-refractivity contribution in [3.63, 3.8) is 0 Å². The minimum absolute atomic E-state index is 0.0198. The molecule has 1 aromatic heterocycles. The number of anilines is 1. The third-order valence-corrected chi connectivity index (χ3v) is 6.35. The van der Waals surface area contributed by atoms with Crippen LogP contribution in [0.2, 0.25) is 0 Å². The van der Waals surface area contributed by atoms with Crippen molar-refractivity contribution in [1.82, 2.24) is 10.1 Å². The molecule has 1 atom stereocenters. The summed E-state index contributed by atoms with van der Waals surface area (Å²) in [6, 6.07) is 18.1. The Kier molecular flexibility index (Phi) is 7.45. The molecule has 2 aromatic carbocycles. The summed E-state index contributed by atoms with van der Waals surface area (Å²) in [6.45, 7) is 6.51. The largest absolute Gasteiger partial charge is 0.383 e. The van der Waals surface area contributed by atoms with Gasteiger partial charge in [-0.25, -0.2) is 0 Å². The highest BCUT2D eigenvalue weighted by molar-refractivity contribution is 5.94. The highest BCUT2D eigenvalue weighted by Crippen LogP contribution is 2.35. The Morgan fingerprint density at radius 1 is 1.18 bits per heavy atom. The van der Waals surface area contributed by atoms with E-state index in [1.807, 2.05) is 66.4 Å². The molecule has 4 rings (SSSR count). The number of carbonyl (C=O) groups is 1. The standard InChI is InChI=1S/C27H33N3O3/c1-20-10-9-14-23(18-20)26(31)29(16-17-32-3)19-24-25(22-12-5-4-6-13-22)28-33-27(24)30-15-8-7-11-21(30)2/h4-6,9-10,12-14,18,21H,7-8,11,15-17,19H2,1-3H3/t21-/m0/s1. The van der Waals surface area contributed by atoms with Gasteiger partial charge in [0.05, 0.1) is 18.7 Å². The normalized spacial score (nSPS) is 16.1. The smallest absolute Gasteiger partial charge is 0.254 e. The van der Waals surface area contributed by atoms with Gasteiger partial charge >= 0.3 is 0 Å². The molecule has 6 nitrogen and oxygen atoms in total. The summed E-state index contributed by atoms with van der Waals surface area (Å²) in [5.41, 5.74) is 4.47. The van der Waals surface area contributed by atoms with E-state index < -0.39 is 0 Å². The first-order valence-corrected chi connectivity index (χ1v) is 11.7. The van der Waals surface area contributed by atoms with Crippen molar-refractivity contribution in [2.75, 3.05) is 31.7 Å². The molecule has 0 saturated carbocycles. The van der Waals surface area contributed by atoms with E-state index in [-0.39, 0.29) is 5.91 Å². The molecule has 0 spiro atoms. The van der Waals surface area contributed by atoms with Crippen molar-refractivity contribution in [1.29, 1.82) is 0 Å². The average molecular weight is 448 g/mol. The fourth-order valence-corrected chi connectivity index (χ4v) is 4.50. The number of benzene rings is 2. The second-order valence-corrected chi connectivity index (χ2v) is 8.81. The van der Waals surface area contributed by atoms with E-state index in [1.54, 1.807) is 7.11 Å². The molecule has 0 unspecified atom stereocenters. The summed E-state index contributed by atoms with van der Waals surface area (Å²) in [4.78, 5) is 17.7. The number of rotatable bonds is 8. The Morgan fingerprint density at radius 2 is 2.00 bits per heavy atom. The lowest BCUT2D eigenvalue weighted by molar-refractivity contribution is 0.0680.